The van der Waals surface area contributed by atoms with E-state index < -0.39 is 5.60 Å². The fraction of sp³-hybridized carbons (Fsp3) is 0.556. The fourth-order valence-electron chi connectivity index (χ4n) is 2.70. The molecule has 0 unspecified atom stereocenters. The van der Waals surface area contributed by atoms with Crippen LogP contribution in [0.2, 0.25) is 0 Å². The van der Waals surface area contributed by atoms with Crippen LogP contribution in [0.1, 0.15) is 33.6 Å². The van der Waals surface area contributed by atoms with Crippen molar-refractivity contribution in [2.45, 2.75) is 39.2 Å². The molecule has 1 aromatic rings. The van der Waals surface area contributed by atoms with Gasteiger partial charge >= 0.3 is 6.09 Å². The monoisotopic (exact) mass is 349 g/mol. The van der Waals surface area contributed by atoms with Crippen LogP contribution in [0.3, 0.4) is 0 Å². The van der Waals surface area contributed by atoms with Gasteiger partial charge in [-0.05, 0) is 45.7 Å². The predicted molar refractivity (Wildman–Crippen MR) is 96.6 cm³/mol. The second kappa shape index (κ2) is 7.63. The lowest BCUT2D eigenvalue weighted by molar-refractivity contribution is -0.121. The topological polar surface area (TPSA) is 93.9 Å². The minimum atomic E-state index is -0.517. The molecule has 1 saturated heterocycles. The Labute approximate surface area is 148 Å². The molecule has 138 valence electrons. The molecule has 0 atom stereocenters. The molecule has 0 aromatic heterocycles. The smallest absolute Gasteiger partial charge is 0.410 e. The lowest BCUT2D eigenvalue weighted by atomic mass is 9.96. The molecule has 0 spiro atoms. The Kier molecular flexibility index (Phi) is 5.77. The molecule has 1 fully saturated rings. The summed E-state index contributed by atoms with van der Waals surface area (Å²) in [4.78, 5) is 26.2. The van der Waals surface area contributed by atoms with Gasteiger partial charge in [0.25, 0.3) is 0 Å². The molecule has 0 saturated carbocycles. The first-order valence-electron chi connectivity index (χ1n) is 8.42. The van der Waals surface area contributed by atoms with E-state index in [1.807, 2.05) is 20.8 Å². The Balaban J connectivity index is 1.90. The summed E-state index contributed by atoms with van der Waals surface area (Å²) >= 11 is 0. The van der Waals surface area contributed by atoms with Gasteiger partial charge in [0, 0.05) is 30.8 Å². The molecular weight excluding hydrogens is 322 g/mol. The summed E-state index contributed by atoms with van der Waals surface area (Å²) in [5, 5.41) is 2.89. The number of amides is 2. The first kappa shape index (κ1) is 18.9. The van der Waals surface area contributed by atoms with Crippen molar-refractivity contribution in [3.05, 3.63) is 18.2 Å². The zero-order valence-corrected chi connectivity index (χ0v) is 15.3. The summed E-state index contributed by atoms with van der Waals surface area (Å²) in [7, 11) is 1.53. The maximum Gasteiger partial charge on any atom is 0.410 e. The van der Waals surface area contributed by atoms with Crippen LogP contribution in [0.4, 0.5) is 16.2 Å². The Bertz CT molecular complexity index is 632. The maximum absolute atomic E-state index is 12.5. The zero-order chi connectivity index (χ0) is 18.6. The van der Waals surface area contributed by atoms with Gasteiger partial charge in [-0.3, -0.25) is 4.79 Å². The standard InChI is InChI=1S/C18H27N3O4/c1-18(2,3)25-17(23)21-9-7-12(8-10-21)16(22)20-14-6-5-13(19)11-15(14)24-4/h5-6,11-12H,7-10,19H2,1-4H3,(H,20,22). The predicted octanol–water partition coefficient (Wildman–Crippen LogP) is 2.86. The first-order chi connectivity index (χ1) is 11.7. The number of benzene rings is 1. The number of carbonyl (C=O) groups excluding carboxylic acids is 2. The lowest BCUT2D eigenvalue weighted by Crippen LogP contribution is -2.43. The number of hydrogen-bond acceptors (Lipinski definition) is 5. The SMILES string of the molecule is COc1cc(N)ccc1NC(=O)C1CCN(C(=O)OC(C)(C)C)CC1. The van der Waals surface area contributed by atoms with Crippen molar-refractivity contribution in [2.75, 3.05) is 31.2 Å². The van der Waals surface area contributed by atoms with E-state index in [-0.39, 0.29) is 17.9 Å². The number of rotatable bonds is 3. The second-order valence-electron chi connectivity index (χ2n) is 7.19. The highest BCUT2D eigenvalue weighted by Crippen LogP contribution is 2.28. The molecule has 0 radical (unpaired) electrons. The number of nitrogen functional groups attached to an aromatic ring is 1. The number of nitrogens with one attached hydrogen (secondary N) is 1. The average molecular weight is 349 g/mol. The number of anilines is 2. The molecule has 1 aliphatic heterocycles. The number of ether oxygens (including phenoxy) is 2. The van der Waals surface area contributed by atoms with Gasteiger partial charge in [-0.15, -0.1) is 0 Å². The molecule has 0 bridgehead atoms. The van der Waals surface area contributed by atoms with Crippen LogP contribution in [0, 0.1) is 5.92 Å². The second-order valence-corrected chi connectivity index (χ2v) is 7.19. The third kappa shape index (κ3) is 5.27. The Morgan fingerprint density at radius 1 is 1.24 bits per heavy atom. The van der Waals surface area contributed by atoms with Crippen LogP contribution in [0.5, 0.6) is 5.75 Å². The summed E-state index contributed by atoms with van der Waals surface area (Å²) in [6, 6.07) is 5.10. The largest absolute Gasteiger partial charge is 0.494 e. The van der Waals surface area contributed by atoms with Gasteiger partial charge in [0.05, 0.1) is 12.8 Å². The molecule has 2 amide bonds. The van der Waals surface area contributed by atoms with Gasteiger partial charge in [0.15, 0.2) is 0 Å². The lowest BCUT2D eigenvalue weighted by Gasteiger charge is -2.33. The van der Waals surface area contributed by atoms with E-state index in [0.29, 0.717) is 43.1 Å². The molecule has 1 aromatic carbocycles. The Morgan fingerprint density at radius 3 is 2.44 bits per heavy atom. The first-order valence-corrected chi connectivity index (χ1v) is 8.42. The van der Waals surface area contributed by atoms with Crippen LogP contribution in [0.25, 0.3) is 0 Å². The van der Waals surface area contributed by atoms with Crippen LogP contribution in [-0.4, -0.2) is 42.7 Å². The molecule has 0 aliphatic carbocycles. The minimum Gasteiger partial charge on any atom is -0.494 e. The number of nitrogens with zero attached hydrogens (tertiary/aromatic N) is 1. The maximum atomic E-state index is 12.5. The van der Waals surface area contributed by atoms with Crippen molar-refractivity contribution in [3.63, 3.8) is 0 Å². The van der Waals surface area contributed by atoms with Crippen molar-refractivity contribution >= 4 is 23.4 Å². The molecule has 1 aliphatic rings. The number of methoxy groups -OCH3 is 1. The Morgan fingerprint density at radius 2 is 1.88 bits per heavy atom. The summed E-state index contributed by atoms with van der Waals surface area (Å²) in [6.45, 7) is 6.53. The minimum absolute atomic E-state index is 0.0769. The highest BCUT2D eigenvalue weighted by Gasteiger charge is 2.30. The number of piperidine rings is 1. The summed E-state index contributed by atoms with van der Waals surface area (Å²) in [5.74, 6) is 0.299. The van der Waals surface area contributed by atoms with Crippen molar-refractivity contribution in [1.82, 2.24) is 4.90 Å². The van der Waals surface area contributed by atoms with Gasteiger partial charge in [-0.2, -0.15) is 0 Å². The van der Waals surface area contributed by atoms with Crippen LogP contribution < -0.4 is 15.8 Å². The summed E-state index contributed by atoms with van der Waals surface area (Å²) in [6.07, 6.45) is 0.872. The average Bonchev–Trinajstić information content (AvgIpc) is 2.55. The van der Waals surface area contributed by atoms with E-state index >= 15 is 0 Å². The van der Waals surface area contributed by atoms with Crippen LogP contribution in [-0.2, 0) is 9.53 Å². The fourth-order valence-corrected chi connectivity index (χ4v) is 2.70. The van der Waals surface area contributed by atoms with Crippen molar-refractivity contribution in [3.8, 4) is 5.75 Å². The molecular formula is C18H27N3O4. The van der Waals surface area contributed by atoms with E-state index in [9.17, 15) is 9.59 Å². The van der Waals surface area contributed by atoms with Crippen LogP contribution in [0.15, 0.2) is 18.2 Å². The molecule has 7 nitrogen and oxygen atoms in total. The van der Waals surface area contributed by atoms with Gasteiger partial charge in [0.2, 0.25) is 5.91 Å². The van der Waals surface area contributed by atoms with E-state index in [4.69, 9.17) is 15.2 Å². The van der Waals surface area contributed by atoms with Gasteiger partial charge in [0.1, 0.15) is 11.4 Å². The summed E-state index contributed by atoms with van der Waals surface area (Å²) < 4.78 is 10.6. The third-order valence-electron chi connectivity index (χ3n) is 4.00. The summed E-state index contributed by atoms with van der Waals surface area (Å²) in [5.41, 5.74) is 6.37. The molecule has 7 heteroatoms. The molecule has 25 heavy (non-hydrogen) atoms. The number of likely N-dealkylation sites (tertiary alicyclic amines) is 1. The number of hydrogen-bond donors (Lipinski definition) is 2. The third-order valence-corrected chi connectivity index (χ3v) is 4.00. The van der Waals surface area contributed by atoms with Gasteiger partial charge in [-0.1, -0.05) is 0 Å². The highest BCUT2D eigenvalue weighted by atomic mass is 16.6. The molecule has 3 N–H and O–H groups in total. The number of nitrogens with two attached hydrogens (primary N) is 1. The van der Waals surface area contributed by atoms with E-state index in [0.717, 1.165) is 0 Å². The Hall–Kier alpha value is -2.44. The van der Waals surface area contributed by atoms with E-state index in [2.05, 4.69) is 5.32 Å². The van der Waals surface area contributed by atoms with Crippen molar-refractivity contribution in [1.29, 1.82) is 0 Å². The zero-order valence-electron chi connectivity index (χ0n) is 15.3. The van der Waals surface area contributed by atoms with Crippen molar-refractivity contribution < 1.29 is 19.1 Å². The molecule has 1 heterocycles. The van der Waals surface area contributed by atoms with E-state index in [1.54, 1.807) is 23.1 Å². The highest BCUT2D eigenvalue weighted by molar-refractivity contribution is 5.94. The van der Waals surface area contributed by atoms with Crippen LogP contribution >= 0.6 is 0 Å². The van der Waals surface area contributed by atoms with Gasteiger partial charge < -0.3 is 25.4 Å². The number of carbonyl (C=O) groups is 2. The van der Waals surface area contributed by atoms with E-state index in [1.165, 1.54) is 7.11 Å². The quantitative estimate of drug-likeness (QED) is 0.818. The van der Waals surface area contributed by atoms with Crippen molar-refractivity contribution in [2.24, 2.45) is 5.92 Å². The van der Waals surface area contributed by atoms with Gasteiger partial charge in [-0.25, -0.2) is 4.79 Å². The normalized spacial score (nSPS) is 15.6. The molecule has 2 rings (SSSR count).